The van der Waals surface area contributed by atoms with Gasteiger partial charge in [-0.15, -0.1) is 0 Å². The number of ether oxygens (including phenoxy) is 2. The van der Waals surface area contributed by atoms with Gasteiger partial charge in [-0.25, -0.2) is 4.79 Å². The van der Waals surface area contributed by atoms with Crippen LogP contribution in [0.2, 0.25) is 0 Å². The maximum atomic E-state index is 14.9. The average Bonchev–Trinajstić information content (AvgIpc) is 3.32. The molecule has 5 fully saturated rings. The fraction of sp³-hybridized carbons (Fsp3) is 0.704. The van der Waals surface area contributed by atoms with E-state index < -0.39 is 36.4 Å². The highest BCUT2D eigenvalue weighted by molar-refractivity contribution is 7.60. The van der Waals surface area contributed by atoms with Crippen LogP contribution in [0.25, 0.3) is 0 Å². The first-order valence-electron chi connectivity index (χ1n) is 13.2. The number of alkyl carbamates (subject to hydrolysis) is 1. The van der Waals surface area contributed by atoms with Crippen molar-refractivity contribution in [2.45, 2.75) is 88.4 Å². The van der Waals surface area contributed by atoms with Crippen LogP contribution in [-0.4, -0.2) is 36.2 Å². The first-order valence-corrected chi connectivity index (χ1v) is 14.9. The Bertz CT molecular complexity index is 946. The van der Waals surface area contributed by atoms with Crippen LogP contribution in [0.5, 0.6) is 0 Å². The standard InChI is InChI=1S/C27H38NO6P/c1-18(28-26(30)33-17-19-7-4-3-5-8-19)35(31,24-10-6-9-23(24)25(29)32-2)34-27-14-20-11-21(15-27)13-22(12-20)16-27/h3-5,7-8,18,20-24H,6,9-17H2,1-2H3,(H,28,30). The van der Waals surface area contributed by atoms with E-state index in [0.29, 0.717) is 30.6 Å². The summed E-state index contributed by atoms with van der Waals surface area (Å²) < 4.78 is 32.3. The number of carbonyl (C=O) groups excluding carboxylic acids is 2. The Kier molecular flexibility index (Phi) is 7.02. The minimum atomic E-state index is -3.49. The average molecular weight is 504 g/mol. The third-order valence-electron chi connectivity index (χ3n) is 8.84. The lowest BCUT2D eigenvalue weighted by atomic mass is 9.54. The molecular weight excluding hydrogens is 465 g/mol. The van der Waals surface area contributed by atoms with Gasteiger partial charge in [-0.1, -0.05) is 36.8 Å². The molecule has 1 amide bonds. The van der Waals surface area contributed by atoms with E-state index in [1.807, 2.05) is 30.3 Å². The Hall–Kier alpha value is -1.85. The lowest BCUT2D eigenvalue weighted by Crippen LogP contribution is -2.53. The topological polar surface area (TPSA) is 90.9 Å². The predicted molar refractivity (Wildman–Crippen MR) is 132 cm³/mol. The fourth-order valence-electron chi connectivity index (χ4n) is 7.70. The zero-order chi connectivity index (χ0) is 24.6. The third kappa shape index (κ3) is 5.04. The summed E-state index contributed by atoms with van der Waals surface area (Å²) in [5.74, 6) is 0.343. The summed E-state index contributed by atoms with van der Waals surface area (Å²) in [6.45, 7) is 1.88. The predicted octanol–water partition coefficient (Wildman–Crippen LogP) is 5.86. The summed E-state index contributed by atoms with van der Waals surface area (Å²) >= 11 is 0. The number of amides is 1. The molecule has 35 heavy (non-hydrogen) atoms. The summed E-state index contributed by atoms with van der Waals surface area (Å²) in [7, 11) is -2.11. The van der Waals surface area contributed by atoms with Gasteiger partial charge in [0.15, 0.2) is 0 Å². The number of hydrogen-bond donors (Lipinski definition) is 1. The summed E-state index contributed by atoms with van der Waals surface area (Å²) in [6.07, 6.45) is 8.00. The Morgan fingerprint density at radius 2 is 1.69 bits per heavy atom. The number of esters is 1. The summed E-state index contributed by atoms with van der Waals surface area (Å²) in [5.41, 5.74) is 0.0227. The molecule has 4 bridgehead atoms. The number of rotatable bonds is 8. The first-order chi connectivity index (χ1) is 16.8. The van der Waals surface area contributed by atoms with Crippen molar-refractivity contribution < 1.29 is 28.2 Å². The second kappa shape index (κ2) is 9.89. The van der Waals surface area contributed by atoms with Crippen LogP contribution >= 0.6 is 7.37 Å². The third-order valence-corrected chi connectivity index (χ3v) is 12.3. The maximum Gasteiger partial charge on any atom is 0.408 e. The van der Waals surface area contributed by atoms with E-state index in [1.165, 1.54) is 26.4 Å². The molecule has 0 aromatic heterocycles. The van der Waals surface area contributed by atoms with Crippen LogP contribution in [0.4, 0.5) is 4.79 Å². The molecule has 1 aromatic rings. The molecule has 7 nitrogen and oxygen atoms in total. The zero-order valence-corrected chi connectivity index (χ0v) is 21.7. The van der Waals surface area contributed by atoms with Crippen LogP contribution in [0.15, 0.2) is 30.3 Å². The van der Waals surface area contributed by atoms with E-state index in [2.05, 4.69) is 5.32 Å². The number of nitrogens with one attached hydrogen (secondary N) is 1. The van der Waals surface area contributed by atoms with Gasteiger partial charge in [-0.3, -0.25) is 9.36 Å². The smallest absolute Gasteiger partial charge is 0.408 e. The van der Waals surface area contributed by atoms with E-state index in [0.717, 1.165) is 31.2 Å². The van der Waals surface area contributed by atoms with Gasteiger partial charge in [0.25, 0.3) is 0 Å². The van der Waals surface area contributed by atoms with Crippen molar-refractivity contribution in [2.75, 3.05) is 7.11 Å². The summed E-state index contributed by atoms with van der Waals surface area (Å²) in [4.78, 5) is 25.4. The second-order valence-electron chi connectivity index (χ2n) is 11.3. The molecule has 0 spiro atoms. The van der Waals surface area contributed by atoms with Gasteiger partial charge in [-0.05, 0) is 81.6 Å². The van der Waals surface area contributed by atoms with Crippen LogP contribution in [0.3, 0.4) is 0 Å². The van der Waals surface area contributed by atoms with Crippen LogP contribution in [0, 0.1) is 23.7 Å². The highest BCUT2D eigenvalue weighted by Crippen LogP contribution is 2.68. The summed E-state index contributed by atoms with van der Waals surface area (Å²) in [5, 5.41) is 2.83. The highest BCUT2D eigenvalue weighted by atomic mass is 31.2. The molecule has 5 aliphatic carbocycles. The molecule has 192 valence electrons. The first kappa shape index (κ1) is 24.8. The van der Waals surface area contributed by atoms with E-state index >= 15 is 0 Å². The van der Waals surface area contributed by atoms with Gasteiger partial charge in [0, 0.05) is 0 Å². The van der Waals surface area contributed by atoms with Gasteiger partial charge in [-0.2, -0.15) is 0 Å². The van der Waals surface area contributed by atoms with Crippen molar-refractivity contribution in [3.8, 4) is 0 Å². The maximum absolute atomic E-state index is 14.9. The molecule has 6 rings (SSSR count). The molecule has 0 heterocycles. The van der Waals surface area contributed by atoms with Crippen molar-refractivity contribution in [2.24, 2.45) is 23.7 Å². The number of hydrogen-bond acceptors (Lipinski definition) is 6. The molecule has 0 saturated heterocycles. The Labute approximate surface area is 208 Å². The fourth-order valence-corrected chi connectivity index (χ4v) is 11.0. The van der Waals surface area contributed by atoms with Gasteiger partial charge in [0.2, 0.25) is 7.37 Å². The monoisotopic (exact) mass is 503 g/mol. The van der Waals surface area contributed by atoms with E-state index in [-0.39, 0.29) is 12.6 Å². The Morgan fingerprint density at radius 3 is 2.29 bits per heavy atom. The quantitative estimate of drug-likeness (QED) is 0.353. The molecular formula is C27H38NO6P. The van der Waals surface area contributed by atoms with E-state index in [4.69, 9.17) is 14.0 Å². The van der Waals surface area contributed by atoms with Crippen LogP contribution in [-0.2, 0) is 30.0 Å². The molecule has 1 N–H and O–H groups in total. The van der Waals surface area contributed by atoms with Crippen molar-refractivity contribution in [1.82, 2.24) is 5.32 Å². The van der Waals surface area contributed by atoms with Gasteiger partial charge in [0.05, 0.1) is 24.3 Å². The molecule has 0 radical (unpaired) electrons. The Morgan fingerprint density at radius 1 is 1.06 bits per heavy atom. The molecule has 5 aliphatic rings. The van der Waals surface area contributed by atoms with E-state index in [1.54, 1.807) is 6.92 Å². The van der Waals surface area contributed by atoms with Crippen molar-refractivity contribution in [3.63, 3.8) is 0 Å². The van der Waals surface area contributed by atoms with E-state index in [9.17, 15) is 14.2 Å². The van der Waals surface area contributed by atoms with Crippen molar-refractivity contribution in [1.29, 1.82) is 0 Å². The largest absolute Gasteiger partial charge is 0.469 e. The minimum Gasteiger partial charge on any atom is -0.469 e. The molecule has 1 aromatic carbocycles. The number of carbonyl (C=O) groups is 2. The van der Waals surface area contributed by atoms with Gasteiger partial charge in [0.1, 0.15) is 12.4 Å². The lowest BCUT2D eigenvalue weighted by Gasteiger charge is -2.57. The van der Waals surface area contributed by atoms with Crippen LogP contribution in [0.1, 0.15) is 70.3 Å². The highest BCUT2D eigenvalue weighted by Gasteiger charge is 2.58. The van der Waals surface area contributed by atoms with Crippen molar-refractivity contribution in [3.05, 3.63) is 35.9 Å². The number of benzene rings is 1. The van der Waals surface area contributed by atoms with Crippen LogP contribution < -0.4 is 5.32 Å². The molecule has 4 unspecified atom stereocenters. The molecule has 4 atom stereocenters. The zero-order valence-electron chi connectivity index (χ0n) is 20.8. The van der Waals surface area contributed by atoms with Crippen molar-refractivity contribution >= 4 is 19.4 Å². The SMILES string of the molecule is COC(=O)C1CCCC1P(=O)(OC12CC3CC(CC(C3)C1)C2)C(C)NC(=O)OCc1ccccc1. The second-order valence-corrected chi connectivity index (χ2v) is 14.3. The molecule has 0 aliphatic heterocycles. The Balaban J connectivity index is 1.36. The number of methoxy groups -OCH3 is 1. The molecule has 5 saturated carbocycles. The van der Waals surface area contributed by atoms with Gasteiger partial charge < -0.3 is 19.3 Å². The minimum absolute atomic E-state index is 0.133. The normalized spacial score (nSPS) is 35.8. The lowest BCUT2D eigenvalue weighted by molar-refractivity contribution is -0.145. The van der Waals surface area contributed by atoms with Gasteiger partial charge >= 0.3 is 12.1 Å². The molecule has 8 heteroatoms. The summed E-state index contributed by atoms with van der Waals surface area (Å²) in [6, 6.07) is 9.46.